The number of nitrogens with zero attached hydrogens (tertiary/aromatic N) is 3. The largest absolute Gasteiger partial charge is 0.416 e. The van der Waals surface area contributed by atoms with Crippen molar-refractivity contribution in [2.45, 2.75) is 17.6 Å². The van der Waals surface area contributed by atoms with E-state index in [0.29, 0.717) is 0 Å². The summed E-state index contributed by atoms with van der Waals surface area (Å²) in [6, 6.07) is 11.4. The van der Waals surface area contributed by atoms with Crippen LogP contribution in [0.1, 0.15) is 11.1 Å². The molecule has 174 valence electrons. The van der Waals surface area contributed by atoms with Crippen LogP contribution < -0.4 is 0 Å². The van der Waals surface area contributed by atoms with Crippen LogP contribution in [0.4, 0.5) is 13.2 Å². The molecule has 1 fully saturated rings. The fourth-order valence-corrected chi connectivity index (χ4v) is 5.50. The molecule has 2 aromatic carbocycles. The lowest BCUT2D eigenvalue weighted by atomic mass is 10.1. The number of piperazine rings is 1. The first-order valence-corrected chi connectivity index (χ1v) is 11.7. The minimum absolute atomic E-state index is 0.0181. The molecule has 3 rings (SSSR count). The third kappa shape index (κ3) is 5.61. The molecule has 6 nitrogen and oxygen atoms in total. The van der Waals surface area contributed by atoms with Gasteiger partial charge in [0, 0.05) is 32.7 Å². The lowest BCUT2D eigenvalue weighted by Crippen LogP contribution is -2.52. The number of alkyl halides is 3. The minimum Gasteiger partial charge on any atom is -0.339 e. The average molecular weight is 490 g/mol. The Kier molecular flexibility index (Phi) is 7.49. The molecule has 0 aliphatic carbocycles. The van der Waals surface area contributed by atoms with Crippen molar-refractivity contribution in [3.63, 3.8) is 0 Å². The zero-order valence-electron chi connectivity index (χ0n) is 17.3. The summed E-state index contributed by atoms with van der Waals surface area (Å²) in [5.74, 6) is -0.271. The molecule has 0 spiro atoms. The number of carbonyl (C=O) groups excluding carboxylic acids is 1. The second-order valence-corrected chi connectivity index (χ2v) is 9.86. The van der Waals surface area contributed by atoms with Crippen molar-refractivity contribution in [2.24, 2.45) is 0 Å². The van der Waals surface area contributed by atoms with E-state index >= 15 is 0 Å². The van der Waals surface area contributed by atoms with Crippen LogP contribution in [-0.2, 0) is 27.5 Å². The Morgan fingerprint density at radius 2 is 1.62 bits per heavy atom. The highest BCUT2D eigenvalue weighted by molar-refractivity contribution is 7.89. The molecular weight excluding hydrogens is 467 g/mol. The molecule has 1 aliphatic heterocycles. The summed E-state index contributed by atoms with van der Waals surface area (Å²) in [5, 5.41) is 0.131. The predicted molar refractivity (Wildman–Crippen MR) is 115 cm³/mol. The van der Waals surface area contributed by atoms with Crippen LogP contribution in [-0.4, -0.2) is 68.2 Å². The van der Waals surface area contributed by atoms with Crippen LogP contribution >= 0.6 is 11.6 Å². The van der Waals surface area contributed by atoms with Crippen molar-refractivity contribution in [3.05, 3.63) is 64.7 Å². The Labute approximate surface area is 190 Å². The van der Waals surface area contributed by atoms with E-state index in [9.17, 15) is 26.4 Å². The van der Waals surface area contributed by atoms with Crippen LogP contribution in [0.15, 0.2) is 53.4 Å². The van der Waals surface area contributed by atoms with Crippen molar-refractivity contribution >= 4 is 27.5 Å². The van der Waals surface area contributed by atoms with E-state index < -0.39 is 21.8 Å². The molecule has 0 bridgehead atoms. The van der Waals surface area contributed by atoms with E-state index in [0.717, 1.165) is 6.07 Å². The van der Waals surface area contributed by atoms with E-state index in [1.54, 1.807) is 19.2 Å². The van der Waals surface area contributed by atoms with E-state index in [1.807, 2.05) is 0 Å². The molecule has 2 aromatic rings. The third-order valence-electron chi connectivity index (χ3n) is 5.21. The third-order valence-corrected chi connectivity index (χ3v) is 7.61. The molecule has 0 aromatic heterocycles. The van der Waals surface area contributed by atoms with Gasteiger partial charge >= 0.3 is 6.18 Å². The quantitative estimate of drug-likeness (QED) is 0.624. The monoisotopic (exact) mass is 489 g/mol. The number of carbonyl (C=O) groups is 1. The summed E-state index contributed by atoms with van der Waals surface area (Å²) in [6.07, 6.45) is -4.47. The van der Waals surface area contributed by atoms with Gasteiger partial charge in [-0.3, -0.25) is 9.69 Å². The highest BCUT2D eigenvalue weighted by Gasteiger charge is 2.34. The molecule has 1 amide bonds. The second-order valence-electron chi connectivity index (χ2n) is 7.54. The highest BCUT2D eigenvalue weighted by atomic mass is 35.5. The number of rotatable bonds is 6. The van der Waals surface area contributed by atoms with Crippen LogP contribution in [0.25, 0.3) is 0 Å². The van der Waals surface area contributed by atoms with Gasteiger partial charge in [0.15, 0.2) is 0 Å². The molecule has 32 heavy (non-hydrogen) atoms. The lowest BCUT2D eigenvalue weighted by Gasteiger charge is -2.35. The molecule has 0 radical (unpaired) electrons. The van der Waals surface area contributed by atoms with E-state index in [-0.39, 0.29) is 60.7 Å². The number of halogens is 4. The SMILES string of the molecule is CN(CC(=O)N1CCN(S(=O)(=O)c2ccccc2Cl)CC1)Cc1ccccc1C(F)(F)F. The summed E-state index contributed by atoms with van der Waals surface area (Å²) in [4.78, 5) is 15.7. The maximum Gasteiger partial charge on any atom is 0.416 e. The van der Waals surface area contributed by atoms with Crippen molar-refractivity contribution in [1.29, 1.82) is 0 Å². The normalized spacial score (nSPS) is 15.9. The summed E-state index contributed by atoms with van der Waals surface area (Å²) < 4.78 is 66.4. The predicted octanol–water partition coefficient (Wildman–Crippen LogP) is 3.32. The maximum absolute atomic E-state index is 13.2. The summed E-state index contributed by atoms with van der Waals surface area (Å²) in [6.45, 7) is 0.483. The van der Waals surface area contributed by atoms with Crippen molar-refractivity contribution in [2.75, 3.05) is 39.8 Å². The summed E-state index contributed by atoms with van der Waals surface area (Å²) in [7, 11) is -2.21. The Hall–Kier alpha value is -2.14. The molecule has 0 unspecified atom stereocenters. The fourth-order valence-electron chi connectivity index (χ4n) is 3.58. The smallest absolute Gasteiger partial charge is 0.339 e. The molecular formula is C21H23ClF3N3O3S. The Morgan fingerprint density at radius 3 is 2.25 bits per heavy atom. The Balaban J connectivity index is 1.58. The van der Waals surface area contributed by atoms with E-state index in [1.165, 1.54) is 44.4 Å². The first kappa shape index (κ1) is 24.5. The standard InChI is InChI=1S/C21H23ClF3N3O3S/c1-26(14-16-6-2-3-7-17(16)21(23,24)25)15-20(29)27-10-12-28(13-11-27)32(30,31)19-9-5-4-8-18(19)22/h2-9H,10-15H2,1H3. The minimum atomic E-state index is -4.47. The summed E-state index contributed by atoms with van der Waals surface area (Å²) in [5.41, 5.74) is -0.636. The zero-order valence-corrected chi connectivity index (χ0v) is 18.9. The molecule has 1 heterocycles. The van der Waals surface area contributed by atoms with Gasteiger partial charge in [-0.1, -0.05) is 41.9 Å². The van der Waals surface area contributed by atoms with Gasteiger partial charge in [-0.25, -0.2) is 8.42 Å². The molecule has 0 N–H and O–H groups in total. The molecule has 0 saturated carbocycles. The number of amides is 1. The molecule has 1 aliphatic rings. The van der Waals surface area contributed by atoms with Crippen molar-refractivity contribution in [3.8, 4) is 0 Å². The van der Waals surface area contributed by atoms with Crippen molar-refractivity contribution < 1.29 is 26.4 Å². The van der Waals surface area contributed by atoms with Crippen LogP contribution in [0.5, 0.6) is 0 Å². The fraction of sp³-hybridized carbons (Fsp3) is 0.381. The van der Waals surface area contributed by atoms with Crippen molar-refractivity contribution in [1.82, 2.24) is 14.1 Å². The van der Waals surface area contributed by atoms with Crippen LogP contribution in [0.2, 0.25) is 5.02 Å². The van der Waals surface area contributed by atoms with Gasteiger partial charge in [-0.2, -0.15) is 17.5 Å². The van der Waals surface area contributed by atoms with Crippen LogP contribution in [0.3, 0.4) is 0 Å². The van der Waals surface area contributed by atoms with Gasteiger partial charge in [-0.05, 0) is 30.8 Å². The summed E-state index contributed by atoms with van der Waals surface area (Å²) >= 11 is 6.02. The number of hydrogen-bond acceptors (Lipinski definition) is 4. The van der Waals surface area contributed by atoms with Gasteiger partial charge in [0.25, 0.3) is 0 Å². The Morgan fingerprint density at radius 1 is 1.03 bits per heavy atom. The van der Waals surface area contributed by atoms with Gasteiger partial charge in [0.1, 0.15) is 4.90 Å². The molecule has 0 atom stereocenters. The van der Waals surface area contributed by atoms with Gasteiger partial charge in [-0.15, -0.1) is 0 Å². The number of sulfonamides is 1. The average Bonchev–Trinajstić information content (AvgIpc) is 2.73. The zero-order chi connectivity index (χ0) is 23.5. The van der Waals surface area contributed by atoms with Gasteiger partial charge in [0.2, 0.25) is 15.9 Å². The molecule has 1 saturated heterocycles. The number of hydrogen-bond donors (Lipinski definition) is 0. The second kappa shape index (κ2) is 9.78. The topological polar surface area (TPSA) is 60.9 Å². The first-order chi connectivity index (χ1) is 15.0. The van der Waals surface area contributed by atoms with E-state index in [2.05, 4.69) is 0 Å². The Bertz CT molecular complexity index is 1070. The first-order valence-electron chi connectivity index (χ1n) is 9.86. The molecule has 11 heteroatoms. The van der Waals surface area contributed by atoms with Gasteiger partial charge < -0.3 is 4.90 Å². The number of likely N-dealkylation sites (N-methyl/N-ethyl adjacent to an activating group) is 1. The lowest BCUT2D eigenvalue weighted by molar-refractivity contribution is -0.138. The van der Waals surface area contributed by atoms with Crippen LogP contribution in [0, 0.1) is 0 Å². The van der Waals surface area contributed by atoms with Gasteiger partial charge in [0.05, 0.1) is 17.1 Å². The number of benzene rings is 2. The van der Waals surface area contributed by atoms with E-state index in [4.69, 9.17) is 11.6 Å². The maximum atomic E-state index is 13.2. The highest BCUT2D eigenvalue weighted by Crippen LogP contribution is 2.32.